The number of amides is 1. The summed E-state index contributed by atoms with van der Waals surface area (Å²) in [6.07, 6.45) is 0.532. The molecule has 5 heteroatoms. The Bertz CT molecular complexity index is 847. The molecule has 1 amide bonds. The molecule has 1 heterocycles. The van der Waals surface area contributed by atoms with Crippen molar-refractivity contribution < 1.29 is 9.21 Å². The standard InChI is InChI=1S/C20H21N3O2/c1-20(2,3)16-11-9-15(10-12-16)18(24)21-19-23-22-17(25-19)13-14-7-5-4-6-8-14/h4-12H,13H2,1-3H3,(H,21,23,24). The summed E-state index contributed by atoms with van der Waals surface area (Å²) < 4.78 is 5.50. The highest BCUT2D eigenvalue weighted by Gasteiger charge is 2.15. The number of hydrogen-bond donors (Lipinski definition) is 1. The molecule has 0 unspecified atom stereocenters. The Kier molecular flexibility index (Phi) is 4.65. The number of carbonyl (C=O) groups is 1. The van der Waals surface area contributed by atoms with Gasteiger partial charge in [0.05, 0.1) is 6.42 Å². The minimum Gasteiger partial charge on any atom is -0.407 e. The van der Waals surface area contributed by atoms with Gasteiger partial charge in [-0.3, -0.25) is 10.1 Å². The molecule has 25 heavy (non-hydrogen) atoms. The molecule has 0 spiro atoms. The maximum absolute atomic E-state index is 12.3. The predicted molar refractivity (Wildman–Crippen MR) is 96.6 cm³/mol. The van der Waals surface area contributed by atoms with Crippen molar-refractivity contribution >= 4 is 11.9 Å². The summed E-state index contributed by atoms with van der Waals surface area (Å²) in [5, 5.41) is 10.5. The molecule has 0 fully saturated rings. The minimum atomic E-state index is -0.268. The third-order valence-electron chi connectivity index (χ3n) is 3.90. The number of anilines is 1. The molecule has 5 nitrogen and oxygen atoms in total. The van der Waals surface area contributed by atoms with Crippen LogP contribution in [0.15, 0.2) is 59.0 Å². The molecule has 128 valence electrons. The van der Waals surface area contributed by atoms with E-state index in [1.807, 2.05) is 42.5 Å². The maximum atomic E-state index is 12.3. The Labute approximate surface area is 147 Å². The van der Waals surface area contributed by atoms with Crippen molar-refractivity contribution in [3.05, 3.63) is 77.2 Å². The van der Waals surface area contributed by atoms with Crippen LogP contribution in [0, 0.1) is 0 Å². The van der Waals surface area contributed by atoms with E-state index >= 15 is 0 Å². The molecule has 0 bridgehead atoms. The van der Waals surface area contributed by atoms with Gasteiger partial charge in [-0.2, -0.15) is 0 Å². The second-order valence-corrected chi connectivity index (χ2v) is 6.94. The smallest absolute Gasteiger partial charge is 0.322 e. The average Bonchev–Trinajstić information content (AvgIpc) is 3.02. The predicted octanol–water partition coefficient (Wildman–Crippen LogP) is 4.21. The van der Waals surface area contributed by atoms with Crippen LogP contribution in [0.4, 0.5) is 6.01 Å². The van der Waals surface area contributed by atoms with Crippen molar-refractivity contribution in [2.45, 2.75) is 32.6 Å². The first-order chi connectivity index (χ1) is 11.9. The Hall–Kier alpha value is -2.95. The fraction of sp³-hybridized carbons (Fsp3) is 0.250. The normalized spacial score (nSPS) is 11.3. The van der Waals surface area contributed by atoms with Crippen molar-refractivity contribution in [2.75, 3.05) is 5.32 Å². The largest absolute Gasteiger partial charge is 0.407 e. The van der Waals surface area contributed by atoms with Crippen LogP contribution in [-0.4, -0.2) is 16.1 Å². The number of rotatable bonds is 4. The first kappa shape index (κ1) is 16.9. The molecule has 2 aromatic carbocycles. The number of hydrogen-bond acceptors (Lipinski definition) is 4. The summed E-state index contributed by atoms with van der Waals surface area (Å²) in [7, 11) is 0. The maximum Gasteiger partial charge on any atom is 0.322 e. The lowest BCUT2D eigenvalue weighted by Gasteiger charge is -2.18. The van der Waals surface area contributed by atoms with Crippen molar-refractivity contribution in [1.82, 2.24) is 10.2 Å². The molecule has 0 atom stereocenters. The van der Waals surface area contributed by atoms with Gasteiger partial charge in [0.25, 0.3) is 5.91 Å². The van der Waals surface area contributed by atoms with Crippen LogP contribution in [0.2, 0.25) is 0 Å². The second-order valence-electron chi connectivity index (χ2n) is 6.94. The van der Waals surface area contributed by atoms with Crippen molar-refractivity contribution in [1.29, 1.82) is 0 Å². The van der Waals surface area contributed by atoms with Crippen LogP contribution in [-0.2, 0) is 11.8 Å². The first-order valence-corrected chi connectivity index (χ1v) is 8.20. The number of aromatic nitrogens is 2. The highest BCUT2D eigenvalue weighted by Crippen LogP contribution is 2.22. The second kappa shape index (κ2) is 6.89. The molecule has 1 aromatic heterocycles. The molecule has 0 saturated carbocycles. The summed E-state index contributed by atoms with van der Waals surface area (Å²) >= 11 is 0. The van der Waals surface area contributed by atoms with Crippen LogP contribution in [0.5, 0.6) is 0 Å². The number of nitrogens with zero attached hydrogens (tertiary/aromatic N) is 2. The topological polar surface area (TPSA) is 68.0 Å². The van der Waals surface area contributed by atoms with E-state index in [-0.39, 0.29) is 17.3 Å². The molecular formula is C20H21N3O2. The van der Waals surface area contributed by atoms with Gasteiger partial charge in [0, 0.05) is 5.56 Å². The lowest BCUT2D eigenvalue weighted by Crippen LogP contribution is -2.14. The molecule has 0 aliphatic rings. The Morgan fingerprint density at radius 2 is 1.68 bits per heavy atom. The van der Waals surface area contributed by atoms with E-state index in [1.54, 1.807) is 12.1 Å². The van der Waals surface area contributed by atoms with Crippen LogP contribution < -0.4 is 5.32 Å². The summed E-state index contributed by atoms with van der Waals surface area (Å²) in [6.45, 7) is 6.40. The summed E-state index contributed by atoms with van der Waals surface area (Å²) in [6, 6.07) is 17.5. The average molecular weight is 335 g/mol. The van der Waals surface area contributed by atoms with Crippen molar-refractivity contribution in [3.8, 4) is 0 Å². The quantitative estimate of drug-likeness (QED) is 0.775. The minimum absolute atomic E-state index is 0.0494. The highest BCUT2D eigenvalue weighted by atomic mass is 16.4. The van der Waals surface area contributed by atoms with Gasteiger partial charge in [-0.25, -0.2) is 0 Å². The molecule has 0 radical (unpaired) electrons. The van der Waals surface area contributed by atoms with Gasteiger partial charge < -0.3 is 4.42 Å². The molecule has 1 N–H and O–H groups in total. The zero-order valence-electron chi connectivity index (χ0n) is 14.6. The summed E-state index contributed by atoms with van der Waals surface area (Å²) in [5.74, 6) is 0.194. The number of nitrogens with one attached hydrogen (secondary N) is 1. The lowest BCUT2D eigenvalue weighted by molar-refractivity contribution is 0.102. The summed E-state index contributed by atoms with van der Waals surface area (Å²) in [5.41, 5.74) is 2.85. The fourth-order valence-corrected chi connectivity index (χ4v) is 2.44. The van der Waals surface area contributed by atoms with Gasteiger partial charge in [-0.1, -0.05) is 68.3 Å². The lowest BCUT2D eigenvalue weighted by atomic mass is 9.87. The molecule has 3 rings (SSSR count). The van der Waals surface area contributed by atoms with E-state index in [2.05, 4.69) is 36.3 Å². The number of carbonyl (C=O) groups excluding carboxylic acids is 1. The zero-order valence-corrected chi connectivity index (χ0v) is 14.6. The van der Waals surface area contributed by atoms with Gasteiger partial charge >= 0.3 is 6.01 Å². The van der Waals surface area contributed by atoms with Gasteiger partial charge in [-0.15, -0.1) is 5.10 Å². The molecule has 0 aliphatic heterocycles. The molecule has 0 saturated heterocycles. The van der Waals surface area contributed by atoms with Crippen LogP contribution in [0.3, 0.4) is 0 Å². The van der Waals surface area contributed by atoms with Crippen LogP contribution >= 0.6 is 0 Å². The van der Waals surface area contributed by atoms with E-state index in [0.717, 1.165) is 5.56 Å². The molecule has 0 aliphatic carbocycles. The van der Waals surface area contributed by atoms with Crippen molar-refractivity contribution in [3.63, 3.8) is 0 Å². The Balaban J connectivity index is 1.65. The highest BCUT2D eigenvalue weighted by molar-refractivity contribution is 6.03. The summed E-state index contributed by atoms with van der Waals surface area (Å²) in [4.78, 5) is 12.3. The monoisotopic (exact) mass is 335 g/mol. The number of benzene rings is 2. The van der Waals surface area contributed by atoms with E-state index in [9.17, 15) is 4.79 Å². The van der Waals surface area contributed by atoms with Gasteiger partial charge in [0.2, 0.25) is 5.89 Å². The van der Waals surface area contributed by atoms with Gasteiger partial charge in [0.1, 0.15) is 0 Å². The molecular weight excluding hydrogens is 314 g/mol. The zero-order chi connectivity index (χ0) is 17.9. The van der Waals surface area contributed by atoms with E-state index < -0.39 is 0 Å². The van der Waals surface area contributed by atoms with Gasteiger partial charge in [0.15, 0.2) is 0 Å². The van der Waals surface area contributed by atoms with Crippen LogP contribution in [0.1, 0.15) is 48.1 Å². The molecule has 3 aromatic rings. The van der Waals surface area contributed by atoms with Crippen molar-refractivity contribution in [2.24, 2.45) is 0 Å². The van der Waals surface area contributed by atoms with Crippen LogP contribution in [0.25, 0.3) is 0 Å². The van der Waals surface area contributed by atoms with E-state index in [1.165, 1.54) is 5.56 Å². The van der Waals surface area contributed by atoms with E-state index in [0.29, 0.717) is 17.9 Å². The third kappa shape index (κ3) is 4.32. The third-order valence-corrected chi connectivity index (χ3v) is 3.90. The SMILES string of the molecule is CC(C)(C)c1ccc(C(=O)Nc2nnc(Cc3ccccc3)o2)cc1. The van der Waals surface area contributed by atoms with E-state index in [4.69, 9.17) is 4.42 Å². The Morgan fingerprint density at radius 3 is 2.32 bits per heavy atom. The van der Waals surface area contributed by atoms with Gasteiger partial charge in [-0.05, 0) is 28.7 Å². The Morgan fingerprint density at radius 1 is 1.00 bits per heavy atom. The first-order valence-electron chi connectivity index (χ1n) is 8.20. The fourth-order valence-electron chi connectivity index (χ4n) is 2.44.